The van der Waals surface area contributed by atoms with Crippen LogP contribution in [0.2, 0.25) is 0 Å². The fourth-order valence-electron chi connectivity index (χ4n) is 0. The minimum absolute atomic E-state index is 2.28. The summed E-state index contributed by atoms with van der Waals surface area (Å²) in [6.07, 6.45) is 0. The molecule has 0 N–H and O–H groups in total. The Morgan fingerprint density at radius 2 is 0.875 bits per heavy atom. The zero-order chi connectivity index (χ0) is 7.00. The molecule has 0 aliphatic heterocycles. The van der Waals surface area contributed by atoms with Gasteiger partial charge in [-0.1, -0.05) is 25.3 Å². The highest BCUT2D eigenvalue weighted by Crippen LogP contribution is 2.39. The molecule has 50 valence electrons. The SMILES string of the molecule is FC(F)(S)C(F)(F)S. The quantitative estimate of drug-likeness (QED) is 0.432. The van der Waals surface area contributed by atoms with E-state index in [1.165, 1.54) is 0 Å². The molecule has 8 heavy (non-hydrogen) atoms. The Morgan fingerprint density at radius 1 is 0.750 bits per heavy atom. The Balaban J connectivity index is 4.02. The van der Waals surface area contributed by atoms with Crippen LogP contribution in [0.4, 0.5) is 17.6 Å². The number of hydrogen-bond donors (Lipinski definition) is 2. The van der Waals surface area contributed by atoms with Crippen LogP contribution < -0.4 is 0 Å². The molecule has 0 unspecified atom stereocenters. The summed E-state index contributed by atoms with van der Waals surface area (Å²) in [4.78, 5) is 0. The van der Waals surface area contributed by atoms with Gasteiger partial charge in [0.2, 0.25) is 0 Å². The van der Waals surface area contributed by atoms with Crippen molar-refractivity contribution < 1.29 is 17.6 Å². The second-order valence-electron chi connectivity index (χ2n) is 1.08. The molecule has 0 bridgehead atoms. The summed E-state index contributed by atoms with van der Waals surface area (Å²) in [6, 6.07) is 0. The molecule has 0 aliphatic carbocycles. The van der Waals surface area contributed by atoms with Gasteiger partial charge in [0.1, 0.15) is 0 Å². The zero-order valence-electron chi connectivity index (χ0n) is 3.41. The van der Waals surface area contributed by atoms with E-state index in [9.17, 15) is 17.6 Å². The largest absolute Gasteiger partial charge is 0.362 e. The second-order valence-corrected chi connectivity index (χ2v) is 2.21. The van der Waals surface area contributed by atoms with E-state index in [0.717, 1.165) is 0 Å². The van der Waals surface area contributed by atoms with Gasteiger partial charge in [0, 0.05) is 0 Å². The fourth-order valence-corrected chi connectivity index (χ4v) is 0. The summed E-state index contributed by atoms with van der Waals surface area (Å²) in [5.41, 5.74) is 0. The van der Waals surface area contributed by atoms with Crippen LogP contribution in [0.15, 0.2) is 0 Å². The second kappa shape index (κ2) is 1.98. The van der Waals surface area contributed by atoms with Crippen LogP contribution in [0.25, 0.3) is 0 Å². The topological polar surface area (TPSA) is 0 Å². The Bertz CT molecular complexity index is 67.0. The lowest BCUT2D eigenvalue weighted by atomic mass is 10.7. The van der Waals surface area contributed by atoms with E-state index >= 15 is 0 Å². The number of halogens is 4. The van der Waals surface area contributed by atoms with Crippen LogP contribution in [0.1, 0.15) is 0 Å². The van der Waals surface area contributed by atoms with Gasteiger partial charge in [-0.2, -0.15) is 17.6 Å². The minimum Gasteiger partial charge on any atom is -0.186 e. The molecule has 0 saturated heterocycles. The van der Waals surface area contributed by atoms with Crippen LogP contribution in [0, 0.1) is 0 Å². The molecule has 0 radical (unpaired) electrons. The van der Waals surface area contributed by atoms with Crippen molar-refractivity contribution in [3.05, 3.63) is 0 Å². The van der Waals surface area contributed by atoms with Gasteiger partial charge in [-0.3, -0.25) is 0 Å². The molecule has 0 aromatic heterocycles. The summed E-state index contributed by atoms with van der Waals surface area (Å²) < 4.78 is 45.1. The number of hydrogen-bond acceptors (Lipinski definition) is 2. The molecule has 0 spiro atoms. The maximum Gasteiger partial charge on any atom is 0.362 e. The number of thiol groups is 2. The maximum absolute atomic E-state index is 11.3. The Hall–Kier alpha value is 0.420. The maximum atomic E-state index is 11.3. The first kappa shape index (κ1) is 8.42. The lowest BCUT2D eigenvalue weighted by Gasteiger charge is -2.14. The average Bonchev–Trinajstić information content (AvgIpc) is 1.25. The molecule has 0 fully saturated rings. The first-order valence-corrected chi connectivity index (χ1v) is 2.35. The predicted molar refractivity (Wildman–Crippen MR) is 27.9 cm³/mol. The number of rotatable bonds is 1. The molecule has 0 aromatic carbocycles. The predicted octanol–water partition coefficient (Wildman–Crippen LogP) is 2.03. The molecular weight excluding hydrogens is 164 g/mol. The smallest absolute Gasteiger partial charge is 0.186 e. The van der Waals surface area contributed by atoms with E-state index in [1.807, 2.05) is 0 Å². The Kier molecular flexibility index (Phi) is 2.09. The third-order valence-corrected chi connectivity index (χ3v) is 1.10. The van der Waals surface area contributed by atoms with E-state index in [-0.39, 0.29) is 0 Å². The third kappa shape index (κ3) is 2.13. The fraction of sp³-hybridized carbons (Fsp3) is 1.00. The molecule has 0 saturated carbocycles. The van der Waals surface area contributed by atoms with Gasteiger partial charge in [-0.25, -0.2) is 0 Å². The van der Waals surface area contributed by atoms with Crippen molar-refractivity contribution in [2.45, 2.75) is 10.5 Å². The Morgan fingerprint density at radius 3 is 0.875 bits per heavy atom. The lowest BCUT2D eigenvalue weighted by Crippen LogP contribution is -2.28. The van der Waals surface area contributed by atoms with Gasteiger partial charge >= 0.3 is 10.5 Å². The van der Waals surface area contributed by atoms with Gasteiger partial charge in [0.05, 0.1) is 0 Å². The molecule has 0 atom stereocenters. The van der Waals surface area contributed by atoms with Crippen molar-refractivity contribution in [1.82, 2.24) is 0 Å². The van der Waals surface area contributed by atoms with Crippen molar-refractivity contribution in [3.63, 3.8) is 0 Å². The van der Waals surface area contributed by atoms with Crippen molar-refractivity contribution in [1.29, 1.82) is 0 Å². The average molecular weight is 166 g/mol. The monoisotopic (exact) mass is 166 g/mol. The molecule has 0 nitrogen and oxygen atoms in total. The number of alkyl halides is 4. The van der Waals surface area contributed by atoms with E-state index in [2.05, 4.69) is 25.3 Å². The molecule has 0 amide bonds. The lowest BCUT2D eigenvalue weighted by molar-refractivity contribution is -0.0803. The van der Waals surface area contributed by atoms with Crippen LogP contribution in [0.5, 0.6) is 0 Å². The van der Waals surface area contributed by atoms with Crippen molar-refractivity contribution in [3.8, 4) is 0 Å². The van der Waals surface area contributed by atoms with Crippen molar-refractivity contribution in [2.75, 3.05) is 0 Å². The summed E-state index contributed by atoms with van der Waals surface area (Å²) >= 11 is 4.55. The summed E-state index contributed by atoms with van der Waals surface area (Å²) in [5, 5.41) is -8.67. The first-order valence-electron chi connectivity index (χ1n) is 1.45. The highest BCUT2D eigenvalue weighted by molar-refractivity contribution is 7.85. The molecule has 0 rings (SSSR count). The van der Waals surface area contributed by atoms with Crippen LogP contribution >= 0.6 is 25.3 Å². The first-order chi connectivity index (χ1) is 3.25. The van der Waals surface area contributed by atoms with Crippen LogP contribution in [-0.2, 0) is 0 Å². The zero-order valence-corrected chi connectivity index (χ0v) is 5.20. The van der Waals surface area contributed by atoms with Crippen molar-refractivity contribution in [2.24, 2.45) is 0 Å². The van der Waals surface area contributed by atoms with E-state index in [4.69, 9.17) is 0 Å². The highest BCUT2D eigenvalue weighted by atomic mass is 32.1. The third-order valence-electron chi connectivity index (χ3n) is 0.362. The van der Waals surface area contributed by atoms with Crippen LogP contribution in [-0.4, -0.2) is 10.5 Å². The van der Waals surface area contributed by atoms with E-state index in [0.29, 0.717) is 0 Å². The van der Waals surface area contributed by atoms with Gasteiger partial charge in [0.15, 0.2) is 0 Å². The summed E-state index contributed by atoms with van der Waals surface area (Å²) in [7, 11) is 0. The molecule has 6 heteroatoms. The van der Waals surface area contributed by atoms with E-state index < -0.39 is 10.5 Å². The Labute approximate surface area is 54.1 Å². The highest BCUT2D eigenvalue weighted by Gasteiger charge is 2.50. The van der Waals surface area contributed by atoms with Gasteiger partial charge in [0.25, 0.3) is 0 Å². The van der Waals surface area contributed by atoms with Gasteiger partial charge < -0.3 is 0 Å². The summed E-state index contributed by atoms with van der Waals surface area (Å²) in [6.45, 7) is 0. The molecule has 0 aliphatic rings. The molecule has 0 aromatic rings. The van der Waals surface area contributed by atoms with Crippen molar-refractivity contribution >= 4 is 25.3 Å². The standard InChI is InChI=1S/C2H2F4S2/c3-1(4,7)2(5,6)8/h7-8H. The normalized spacial score (nSPS) is 14.2. The van der Waals surface area contributed by atoms with E-state index in [1.54, 1.807) is 0 Å². The molecule has 0 heterocycles. The summed E-state index contributed by atoms with van der Waals surface area (Å²) in [5.74, 6) is 0. The van der Waals surface area contributed by atoms with Gasteiger partial charge in [-0.05, 0) is 0 Å². The van der Waals surface area contributed by atoms with Gasteiger partial charge in [-0.15, -0.1) is 0 Å². The minimum atomic E-state index is -4.34. The molecular formula is C2H2F4S2. The van der Waals surface area contributed by atoms with Crippen LogP contribution in [0.3, 0.4) is 0 Å².